The number of H-pyrrole nitrogens is 1. The van der Waals surface area contributed by atoms with E-state index in [-0.39, 0.29) is 17.8 Å². The summed E-state index contributed by atoms with van der Waals surface area (Å²) in [5, 5.41) is 5.20. The Morgan fingerprint density at radius 3 is 2.31 bits per heavy atom. The Morgan fingerprint density at radius 1 is 0.827 bits per heavy atom. The van der Waals surface area contributed by atoms with Crippen molar-refractivity contribution in [3.8, 4) is 22.5 Å². The maximum Gasteiger partial charge on any atom is 0.272 e. The molecule has 8 rings (SSSR count). The van der Waals surface area contributed by atoms with Gasteiger partial charge in [0, 0.05) is 64.5 Å². The highest BCUT2D eigenvalue weighted by Crippen LogP contribution is 2.42. The monoisotopic (exact) mass is 729 g/mol. The van der Waals surface area contributed by atoms with Crippen molar-refractivity contribution in [2.75, 3.05) is 41.3 Å². The lowest BCUT2D eigenvalue weighted by Crippen LogP contribution is -2.47. The van der Waals surface area contributed by atoms with E-state index in [0.717, 1.165) is 27.9 Å². The smallest absolute Gasteiger partial charge is 0.272 e. The zero-order valence-corrected chi connectivity index (χ0v) is 29.7. The lowest BCUT2D eigenvalue weighted by atomic mass is 9.99. The Labute approximate surface area is 310 Å². The number of aromatic amines is 1. The number of imidazole rings is 1. The highest BCUT2D eigenvalue weighted by atomic mass is 35.5. The number of hydrogen-bond donors (Lipinski definition) is 2. The molecule has 1 saturated heterocycles. The fourth-order valence-electron chi connectivity index (χ4n) is 7.00. The summed E-state index contributed by atoms with van der Waals surface area (Å²) in [4.78, 5) is 31.8. The predicted molar refractivity (Wildman–Crippen MR) is 208 cm³/mol. The molecule has 0 spiro atoms. The first-order chi connectivity index (χ1) is 25.4. The molecular formula is C41H34Cl2FN7O. The first kappa shape index (κ1) is 33.5. The fraction of sp³-hybridized carbons (Fsp3) is 0.146. The molecule has 3 aromatic heterocycles. The molecule has 11 heteroatoms. The number of para-hydroxylation sites is 1. The van der Waals surface area contributed by atoms with Gasteiger partial charge in [0.1, 0.15) is 11.5 Å². The Hall–Kier alpha value is -5.64. The number of nitrogens with zero attached hydrogens (tertiary/aromatic N) is 5. The molecule has 7 aromatic rings. The summed E-state index contributed by atoms with van der Waals surface area (Å²) in [6.45, 7) is 4.52. The summed E-state index contributed by atoms with van der Waals surface area (Å²) in [5.74, 6) is 0.0695. The Morgan fingerprint density at radius 2 is 1.54 bits per heavy atom. The molecule has 260 valence electrons. The van der Waals surface area contributed by atoms with Gasteiger partial charge in [0.15, 0.2) is 5.82 Å². The van der Waals surface area contributed by atoms with E-state index in [1.54, 1.807) is 24.4 Å². The Bertz CT molecular complexity index is 2380. The number of fused-ring (bicyclic) bond motifs is 1. The third-order valence-electron chi connectivity index (χ3n) is 9.64. The molecule has 0 bridgehead atoms. The molecule has 1 amide bonds. The van der Waals surface area contributed by atoms with Crippen LogP contribution in [0.2, 0.25) is 10.0 Å². The van der Waals surface area contributed by atoms with Crippen molar-refractivity contribution in [1.82, 2.24) is 19.5 Å². The van der Waals surface area contributed by atoms with Crippen LogP contribution in [0, 0.1) is 5.82 Å². The molecular weight excluding hydrogens is 696 g/mol. The minimum Gasteiger partial charge on any atom is -0.366 e. The van der Waals surface area contributed by atoms with Crippen LogP contribution in [0.1, 0.15) is 29.0 Å². The van der Waals surface area contributed by atoms with Crippen molar-refractivity contribution >= 4 is 57.2 Å². The van der Waals surface area contributed by atoms with Gasteiger partial charge < -0.3 is 24.7 Å². The quantitative estimate of drug-likeness (QED) is 0.163. The normalized spacial score (nSPS) is 13.8. The third kappa shape index (κ3) is 6.38. The van der Waals surface area contributed by atoms with Crippen LogP contribution in [0.25, 0.3) is 33.4 Å². The molecule has 1 aliphatic heterocycles. The summed E-state index contributed by atoms with van der Waals surface area (Å²) in [6.07, 6.45) is 3.54. The van der Waals surface area contributed by atoms with E-state index in [0.29, 0.717) is 70.2 Å². The number of nitrogens with one attached hydrogen (secondary N) is 2. The number of carbonyl (C=O) groups excluding carboxylic acids is 1. The van der Waals surface area contributed by atoms with Gasteiger partial charge in [-0.2, -0.15) is 0 Å². The molecule has 0 radical (unpaired) electrons. The number of hydrogen-bond acceptors (Lipinski definition) is 5. The predicted octanol–water partition coefficient (Wildman–Crippen LogP) is 9.73. The zero-order valence-electron chi connectivity index (χ0n) is 28.2. The van der Waals surface area contributed by atoms with Crippen molar-refractivity contribution in [3.63, 3.8) is 0 Å². The fourth-order valence-corrected chi connectivity index (χ4v) is 7.29. The number of rotatable bonds is 8. The largest absolute Gasteiger partial charge is 0.366 e. The number of anilines is 3. The molecule has 52 heavy (non-hydrogen) atoms. The Kier molecular flexibility index (Phi) is 9.13. The summed E-state index contributed by atoms with van der Waals surface area (Å²) >= 11 is 12.7. The van der Waals surface area contributed by atoms with Gasteiger partial charge >= 0.3 is 0 Å². The second-order valence-corrected chi connectivity index (χ2v) is 13.6. The van der Waals surface area contributed by atoms with Crippen molar-refractivity contribution in [2.24, 2.45) is 0 Å². The number of carbonyl (C=O) groups is 1. The van der Waals surface area contributed by atoms with E-state index in [1.165, 1.54) is 6.07 Å². The number of benzene rings is 4. The van der Waals surface area contributed by atoms with Crippen LogP contribution in [0.5, 0.6) is 0 Å². The Balaban J connectivity index is 1.19. The van der Waals surface area contributed by atoms with E-state index in [4.69, 9.17) is 28.2 Å². The molecule has 8 nitrogen and oxygen atoms in total. The number of pyridine rings is 1. The number of amides is 1. The van der Waals surface area contributed by atoms with Crippen molar-refractivity contribution < 1.29 is 9.18 Å². The molecule has 0 saturated carbocycles. The van der Waals surface area contributed by atoms with Gasteiger partial charge in [-0.25, -0.2) is 14.4 Å². The first-order valence-electron chi connectivity index (χ1n) is 17.1. The number of piperazine rings is 1. The summed E-state index contributed by atoms with van der Waals surface area (Å²) < 4.78 is 16.7. The van der Waals surface area contributed by atoms with Crippen LogP contribution in [-0.4, -0.2) is 51.6 Å². The van der Waals surface area contributed by atoms with Gasteiger partial charge in [-0.05, 0) is 61.0 Å². The maximum absolute atomic E-state index is 14.6. The number of halogens is 3. The molecule has 4 aromatic carbocycles. The molecule has 2 N–H and O–H groups in total. The molecule has 4 heterocycles. The van der Waals surface area contributed by atoms with Crippen molar-refractivity contribution in [1.29, 1.82) is 0 Å². The van der Waals surface area contributed by atoms with E-state index in [1.807, 2.05) is 96.2 Å². The van der Waals surface area contributed by atoms with Gasteiger partial charge in [0.2, 0.25) is 0 Å². The minimum atomic E-state index is -0.340. The van der Waals surface area contributed by atoms with E-state index in [9.17, 15) is 9.18 Å². The standard InChI is InChI=1S/C41H34Cl2FN7O/c1-26(27-13-15-29(42)16-14-27)51-25-46-37(28-8-3-2-4-9-28)39(51)36-31-18-17-30(43)24-34(31)47-38(36)41(52)48-33-11-7-19-45-40(33)50-22-20-49(21-23-50)35-12-6-5-10-32(35)44/h2-19,24-26,47H,20-23H2,1H3,(H,48,52)/t26-/m0/s1. The van der Waals surface area contributed by atoms with Gasteiger partial charge in [-0.3, -0.25) is 4.79 Å². The van der Waals surface area contributed by atoms with E-state index >= 15 is 0 Å². The topological polar surface area (TPSA) is 82.1 Å². The van der Waals surface area contributed by atoms with Crippen LogP contribution in [0.15, 0.2) is 122 Å². The minimum absolute atomic E-state index is 0.154. The second kappa shape index (κ2) is 14.2. The van der Waals surface area contributed by atoms with Crippen molar-refractivity contribution in [3.05, 3.63) is 149 Å². The van der Waals surface area contributed by atoms with Crippen LogP contribution >= 0.6 is 23.2 Å². The highest BCUT2D eigenvalue weighted by molar-refractivity contribution is 6.31. The second-order valence-electron chi connectivity index (χ2n) is 12.8. The highest BCUT2D eigenvalue weighted by Gasteiger charge is 2.29. The van der Waals surface area contributed by atoms with Crippen LogP contribution in [-0.2, 0) is 0 Å². The van der Waals surface area contributed by atoms with Gasteiger partial charge in [-0.1, -0.05) is 83.9 Å². The van der Waals surface area contributed by atoms with Gasteiger partial charge in [0.25, 0.3) is 5.91 Å². The molecule has 0 unspecified atom stereocenters. The average molecular weight is 731 g/mol. The lowest BCUT2D eigenvalue weighted by molar-refractivity contribution is 0.102. The average Bonchev–Trinajstić information content (AvgIpc) is 3.77. The van der Waals surface area contributed by atoms with E-state index < -0.39 is 0 Å². The van der Waals surface area contributed by atoms with E-state index in [2.05, 4.69) is 31.7 Å². The van der Waals surface area contributed by atoms with Crippen LogP contribution in [0.4, 0.5) is 21.6 Å². The first-order valence-corrected chi connectivity index (χ1v) is 17.8. The SMILES string of the molecule is C[C@@H](c1ccc(Cl)cc1)n1cnc(-c2ccccc2)c1-c1c(C(=O)Nc2cccnc2N2CCN(c3ccccc3F)CC2)[nH]c2cc(Cl)ccc12. The molecule has 1 atom stereocenters. The van der Waals surface area contributed by atoms with Crippen molar-refractivity contribution in [2.45, 2.75) is 13.0 Å². The molecule has 1 aliphatic rings. The van der Waals surface area contributed by atoms with Crippen LogP contribution in [0.3, 0.4) is 0 Å². The van der Waals surface area contributed by atoms with Gasteiger partial charge in [-0.15, -0.1) is 0 Å². The molecule has 1 fully saturated rings. The van der Waals surface area contributed by atoms with Crippen LogP contribution < -0.4 is 15.1 Å². The number of aromatic nitrogens is 4. The molecule has 0 aliphatic carbocycles. The summed E-state index contributed by atoms with van der Waals surface area (Å²) in [7, 11) is 0. The van der Waals surface area contributed by atoms with Gasteiger partial charge in [0.05, 0.1) is 35.1 Å². The zero-order chi connectivity index (χ0) is 35.8. The lowest BCUT2D eigenvalue weighted by Gasteiger charge is -2.37. The summed E-state index contributed by atoms with van der Waals surface area (Å²) in [5.41, 5.74) is 6.40. The maximum atomic E-state index is 14.6. The summed E-state index contributed by atoms with van der Waals surface area (Å²) in [6, 6.07) is 33.6. The third-order valence-corrected chi connectivity index (χ3v) is 10.1.